The number of rotatable bonds is 4. The van der Waals surface area contributed by atoms with Crippen LogP contribution in [-0.2, 0) is 4.79 Å². The van der Waals surface area contributed by atoms with E-state index in [9.17, 15) is 14.9 Å². The van der Waals surface area contributed by atoms with Crippen molar-refractivity contribution in [2.75, 3.05) is 11.9 Å². The van der Waals surface area contributed by atoms with Gasteiger partial charge in [-0.2, -0.15) is 0 Å². The first-order valence-corrected chi connectivity index (χ1v) is 6.74. The predicted molar refractivity (Wildman–Crippen MR) is 86.7 cm³/mol. The second-order valence-electron chi connectivity index (χ2n) is 4.92. The van der Waals surface area contributed by atoms with Gasteiger partial charge >= 0.3 is 0 Å². The molecule has 2 rings (SSSR count). The fourth-order valence-electron chi connectivity index (χ4n) is 1.95. The predicted octanol–water partition coefficient (Wildman–Crippen LogP) is 3.58. The highest BCUT2D eigenvalue weighted by Crippen LogP contribution is 2.16. The molecule has 0 N–H and O–H groups in total. The number of non-ortho nitro benzene ring substituents is 1. The van der Waals surface area contributed by atoms with Crippen molar-refractivity contribution in [3.8, 4) is 0 Å². The Morgan fingerprint density at radius 2 is 1.86 bits per heavy atom. The Morgan fingerprint density at radius 3 is 2.45 bits per heavy atom. The summed E-state index contributed by atoms with van der Waals surface area (Å²) < 4.78 is 0. The Labute approximate surface area is 128 Å². The lowest BCUT2D eigenvalue weighted by molar-refractivity contribution is -0.384. The maximum Gasteiger partial charge on any atom is 0.269 e. The SMILES string of the molecule is Cc1cccc(N(C)C(=O)/C=C/c2ccc([N+](=O)[O-])cc2)c1. The zero-order chi connectivity index (χ0) is 16.1. The van der Waals surface area contributed by atoms with Gasteiger partial charge in [0.15, 0.2) is 0 Å². The third-order valence-corrected chi connectivity index (χ3v) is 3.24. The zero-order valence-corrected chi connectivity index (χ0v) is 12.4. The molecule has 0 unspecified atom stereocenters. The molecule has 0 saturated heterocycles. The normalized spacial score (nSPS) is 10.6. The Morgan fingerprint density at radius 1 is 1.18 bits per heavy atom. The molecule has 0 aliphatic rings. The van der Waals surface area contributed by atoms with Gasteiger partial charge in [-0.3, -0.25) is 14.9 Å². The number of aryl methyl sites for hydroxylation is 1. The number of amides is 1. The molecule has 0 saturated carbocycles. The van der Waals surface area contributed by atoms with Crippen LogP contribution in [0, 0.1) is 17.0 Å². The molecule has 1 amide bonds. The molecule has 0 atom stereocenters. The molecule has 0 aliphatic heterocycles. The molecular weight excluding hydrogens is 280 g/mol. The Balaban J connectivity index is 2.09. The third kappa shape index (κ3) is 3.79. The number of anilines is 1. The summed E-state index contributed by atoms with van der Waals surface area (Å²) in [6.45, 7) is 1.97. The van der Waals surface area contributed by atoms with Crippen molar-refractivity contribution >= 4 is 23.4 Å². The molecule has 0 radical (unpaired) electrons. The molecule has 0 fully saturated rings. The van der Waals surface area contributed by atoms with E-state index in [4.69, 9.17) is 0 Å². The first kappa shape index (κ1) is 15.4. The van der Waals surface area contributed by atoms with E-state index >= 15 is 0 Å². The number of hydrogen-bond acceptors (Lipinski definition) is 3. The smallest absolute Gasteiger partial charge is 0.269 e. The molecule has 0 bridgehead atoms. The van der Waals surface area contributed by atoms with Crippen LogP contribution < -0.4 is 4.90 Å². The fourth-order valence-corrected chi connectivity index (χ4v) is 1.95. The summed E-state index contributed by atoms with van der Waals surface area (Å²) in [6, 6.07) is 13.7. The maximum atomic E-state index is 12.1. The minimum absolute atomic E-state index is 0.0281. The number of benzene rings is 2. The van der Waals surface area contributed by atoms with Crippen molar-refractivity contribution in [1.82, 2.24) is 0 Å². The van der Waals surface area contributed by atoms with Crippen LogP contribution >= 0.6 is 0 Å². The van der Waals surface area contributed by atoms with Gasteiger partial charge in [-0.05, 0) is 48.4 Å². The van der Waals surface area contributed by atoms with Crippen LogP contribution in [0.5, 0.6) is 0 Å². The summed E-state index contributed by atoms with van der Waals surface area (Å²) in [6.07, 6.45) is 3.09. The number of likely N-dealkylation sites (N-methyl/N-ethyl adjacent to an activating group) is 1. The van der Waals surface area contributed by atoms with Crippen molar-refractivity contribution < 1.29 is 9.72 Å². The van der Waals surface area contributed by atoms with Crippen LogP contribution in [0.25, 0.3) is 6.08 Å². The molecule has 0 spiro atoms. The van der Waals surface area contributed by atoms with Crippen molar-refractivity contribution in [3.63, 3.8) is 0 Å². The van der Waals surface area contributed by atoms with Gasteiger partial charge in [0, 0.05) is 30.9 Å². The second kappa shape index (κ2) is 6.67. The molecule has 5 nitrogen and oxygen atoms in total. The number of nitro groups is 1. The van der Waals surface area contributed by atoms with Crippen LogP contribution in [0.3, 0.4) is 0 Å². The van der Waals surface area contributed by atoms with Gasteiger partial charge in [-0.1, -0.05) is 12.1 Å². The molecular formula is C17H16N2O3. The fraction of sp³-hybridized carbons (Fsp3) is 0.118. The van der Waals surface area contributed by atoms with E-state index in [-0.39, 0.29) is 11.6 Å². The Kier molecular flexibility index (Phi) is 4.68. The number of hydrogen-bond donors (Lipinski definition) is 0. The summed E-state index contributed by atoms with van der Waals surface area (Å²) in [7, 11) is 1.71. The number of carbonyl (C=O) groups excluding carboxylic acids is 1. The largest absolute Gasteiger partial charge is 0.312 e. The van der Waals surface area contributed by atoms with Gasteiger partial charge in [-0.15, -0.1) is 0 Å². The van der Waals surface area contributed by atoms with Gasteiger partial charge in [-0.25, -0.2) is 0 Å². The van der Waals surface area contributed by atoms with Crippen molar-refractivity contribution in [2.45, 2.75) is 6.92 Å². The molecule has 22 heavy (non-hydrogen) atoms. The minimum atomic E-state index is -0.454. The summed E-state index contributed by atoms with van der Waals surface area (Å²) in [5.41, 5.74) is 2.66. The van der Waals surface area contributed by atoms with Crippen LogP contribution in [0.15, 0.2) is 54.6 Å². The van der Waals surface area contributed by atoms with E-state index in [1.165, 1.54) is 18.2 Å². The lowest BCUT2D eigenvalue weighted by Gasteiger charge is -2.15. The standard InChI is InChI=1S/C17H16N2O3/c1-13-4-3-5-16(12-13)18(2)17(20)11-8-14-6-9-15(10-7-14)19(21)22/h3-12H,1-2H3/b11-8+. The van der Waals surface area contributed by atoms with E-state index in [0.29, 0.717) is 0 Å². The Bertz CT molecular complexity index is 721. The number of nitro benzene ring substituents is 1. The average molecular weight is 296 g/mol. The highest BCUT2D eigenvalue weighted by atomic mass is 16.6. The number of carbonyl (C=O) groups is 1. The molecule has 5 heteroatoms. The van der Waals surface area contributed by atoms with Crippen LogP contribution in [0.4, 0.5) is 11.4 Å². The van der Waals surface area contributed by atoms with E-state index in [1.54, 1.807) is 30.2 Å². The Hall–Kier alpha value is -2.95. The third-order valence-electron chi connectivity index (χ3n) is 3.24. The monoisotopic (exact) mass is 296 g/mol. The molecule has 112 valence electrons. The van der Waals surface area contributed by atoms with Gasteiger partial charge in [0.05, 0.1) is 4.92 Å². The maximum absolute atomic E-state index is 12.1. The highest BCUT2D eigenvalue weighted by molar-refractivity contribution is 6.03. The van der Waals surface area contributed by atoms with Gasteiger partial charge in [0.2, 0.25) is 0 Å². The number of nitrogens with zero attached hydrogens (tertiary/aromatic N) is 2. The first-order valence-electron chi connectivity index (χ1n) is 6.74. The summed E-state index contributed by atoms with van der Waals surface area (Å²) in [5.74, 6) is -0.163. The van der Waals surface area contributed by atoms with Gasteiger partial charge in [0.25, 0.3) is 11.6 Å². The van der Waals surface area contributed by atoms with E-state index < -0.39 is 4.92 Å². The topological polar surface area (TPSA) is 63.5 Å². The molecule has 2 aromatic rings. The van der Waals surface area contributed by atoms with Crippen LogP contribution in [-0.4, -0.2) is 17.9 Å². The molecule has 0 aromatic heterocycles. The van der Waals surface area contributed by atoms with Gasteiger partial charge in [0.1, 0.15) is 0 Å². The summed E-state index contributed by atoms with van der Waals surface area (Å²) in [4.78, 5) is 23.8. The van der Waals surface area contributed by atoms with Gasteiger partial charge < -0.3 is 4.90 Å². The minimum Gasteiger partial charge on any atom is -0.312 e. The second-order valence-corrected chi connectivity index (χ2v) is 4.92. The lowest BCUT2D eigenvalue weighted by Crippen LogP contribution is -2.23. The highest BCUT2D eigenvalue weighted by Gasteiger charge is 2.08. The summed E-state index contributed by atoms with van der Waals surface area (Å²) >= 11 is 0. The van der Waals surface area contributed by atoms with Crippen LogP contribution in [0.1, 0.15) is 11.1 Å². The van der Waals surface area contributed by atoms with E-state index in [1.807, 2.05) is 31.2 Å². The molecule has 0 heterocycles. The summed E-state index contributed by atoms with van der Waals surface area (Å²) in [5, 5.41) is 10.6. The zero-order valence-electron chi connectivity index (χ0n) is 12.4. The molecule has 2 aromatic carbocycles. The molecule has 0 aliphatic carbocycles. The first-order chi connectivity index (χ1) is 10.5. The van der Waals surface area contributed by atoms with Crippen molar-refractivity contribution in [3.05, 3.63) is 75.8 Å². The van der Waals surface area contributed by atoms with Crippen molar-refractivity contribution in [1.29, 1.82) is 0 Å². The van der Waals surface area contributed by atoms with E-state index in [0.717, 1.165) is 16.8 Å². The average Bonchev–Trinajstić information content (AvgIpc) is 2.52. The van der Waals surface area contributed by atoms with Crippen LogP contribution in [0.2, 0.25) is 0 Å². The van der Waals surface area contributed by atoms with E-state index in [2.05, 4.69) is 0 Å². The van der Waals surface area contributed by atoms with Crippen molar-refractivity contribution in [2.24, 2.45) is 0 Å². The quantitative estimate of drug-likeness (QED) is 0.492. The lowest BCUT2D eigenvalue weighted by atomic mass is 10.2.